The number of H-pyrrole nitrogens is 1. The zero-order valence-corrected chi connectivity index (χ0v) is 10.6. The van der Waals surface area contributed by atoms with Crippen LogP contribution in [0.3, 0.4) is 0 Å². The minimum atomic E-state index is -0.273. The second-order valence-electron chi connectivity index (χ2n) is 4.53. The number of carbonyl (C=O) groups is 1. The number of nitrogens with two attached hydrogens (primary N) is 1. The number of benzene rings is 2. The fourth-order valence-electron chi connectivity index (χ4n) is 2.06. The Balaban J connectivity index is 1.88. The van der Waals surface area contributed by atoms with Crippen molar-refractivity contribution in [1.82, 2.24) is 4.98 Å². The third kappa shape index (κ3) is 2.29. The number of anilines is 2. The van der Waals surface area contributed by atoms with Crippen molar-refractivity contribution in [2.24, 2.45) is 0 Å². The van der Waals surface area contributed by atoms with E-state index in [0.29, 0.717) is 17.1 Å². The molecule has 1 amide bonds. The third-order valence-electron chi connectivity index (χ3n) is 2.99. The molecule has 0 radical (unpaired) electrons. The van der Waals surface area contributed by atoms with Gasteiger partial charge in [-0.15, -0.1) is 0 Å². The normalized spacial score (nSPS) is 10.6. The van der Waals surface area contributed by atoms with Crippen molar-refractivity contribution in [1.29, 1.82) is 0 Å². The minimum Gasteiger partial charge on any atom is -0.508 e. The summed E-state index contributed by atoms with van der Waals surface area (Å²) in [7, 11) is 0. The van der Waals surface area contributed by atoms with Crippen LogP contribution in [0.5, 0.6) is 5.75 Å². The molecule has 2 aromatic carbocycles. The topological polar surface area (TPSA) is 91.1 Å². The summed E-state index contributed by atoms with van der Waals surface area (Å²) in [5.74, 6) is -0.169. The lowest BCUT2D eigenvalue weighted by Gasteiger charge is -2.03. The lowest BCUT2D eigenvalue weighted by Crippen LogP contribution is -2.11. The van der Waals surface area contributed by atoms with E-state index in [4.69, 9.17) is 5.73 Å². The van der Waals surface area contributed by atoms with Crippen molar-refractivity contribution < 1.29 is 9.90 Å². The number of nitrogen functional groups attached to an aromatic ring is 1. The van der Waals surface area contributed by atoms with Crippen LogP contribution >= 0.6 is 0 Å². The molecule has 20 heavy (non-hydrogen) atoms. The zero-order valence-electron chi connectivity index (χ0n) is 10.6. The van der Waals surface area contributed by atoms with Gasteiger partial charge in [0.2, 0.25) is 0 Å². The number of aromatic amines is 1. The molecule has 0 saturated heterocycles. The number of hydrogen-bond donors (Lipinski definition) is 4. The lowest BCUT2D eigenvalue weighted by molar-refractivity contribution is 0.102. The van der Waals surface area contributed by atoms with E-state index in [2.05, 4.69) is 10.3 Å². The van der Waals surface area contributed by atoms with Crippen LogP contribution < -0.4 is 11.1 Å². The van der Waals surface area contributed by atoms with E-state index >= 15 is 0 Å². The molecule has 100 valence electrons. The van der Waals surface area contributed by atoms with Gasteiger partial charge in [-0.3, -0.25) is 4.79 Å². The molecular formula is C15H13N3O2. The summed E-state index contributed by atoms with van der Waals surface area (Å²) >= 11 is 0. The van der Waals surface area contributed by atoms with Crippen molar-refractivity contribution in [3.8, 4) is 5.75 Å². The smallest absolute Gasteiger partial charge is 0.272 e. The summed E-state index contributed by atoms with van der Waals surface area (Å²) in [6, 6.07) is 13.5. The van der Waals surface area contributed by atoms with Crippen LogP contribution in [0.15, 0.2) is 48.5 Å². The van der Waals surface area contributed by atoms with Gasteiger partial charge in [0.05, 0.1) is 0 Å². The molecule has 3 rings (SSSR count). The van der Waals surface area contributed by atoms with E-state index in [1.54, 1.807) is 36.4 Å². The van der Waals surface area contributed by atoms with Crippen LogP contribution in [0.2, 0.25) is 0 Å². The highest BCUT2D eigenvalue weighted by Crippen LogP contribution is 2.20. The van der Waals surface area contributed by atoms with Gasteiger partial charge >= 0.3 is 0 Å². The zero-order chi connectivity index (χ0) is 14.1. The maximum absolute atomic E-state index is 12.1. The van der Waals surface area contributed by atoms with Crippen molar-refractivity contribution >= 4 is 28.2 Å². The number of nitrogens with one attached hydrogen (secondary N) is 2. The number of aromatic hydroxyl groups is 1. The molecule has 0 aliphatic carbocycles. The Morgan fingerprint density at radius 3 is 2.80 bits per heavy atom. The lowest BCUT2D eigenvalue weighted by atomic mass is 10.2. The Hall–Kier alpha value is -2.95. The van der Waals surface area contributed by atoms with Gasteiger partial charge in [-0.25, -0.2) is 0 Å². The fourth-order valence-corrected chi connectivity index (χ4v) is 2.06. The van der Waals surface area contributed by atoms with Gasteiger partial charge in [-0.2, -0.15) is 0 Å². The maximum Gasteiger partial charge on any atom is 0.272 e. The quantitative estimate of drug-likeness (QED) is 0.538. The van der Waals surface area contributed by atoms with Crippen LogP contribution in [-0.4, -0.2) is 16.0 Å². The first kappa shape index (κ1) is 12.1. The molecule has 1 heterocycles. The average molecular weight is 267 g/mol. The molecule has 0 aliphatic rings. The van der Waals surface area contributed by atoms with E-state index in [1.807, 2.05) is 6.07 Å². The molecule has 5 N–H and O–H groups in total. The van der Waals surface area contributed by atoms with Gasteiger partial charge in [0.1, 0.15) is 11.4 Å². The highest BCUT2D eigenvalue weighted by molar-refractivity contribution is 6.06. The Bertz CT molecular complexity index is 793. The summed E-state index contributed by atoms with van der Waals surface area (Å²) < 4.78 is 0. The van der Waals surface area contributed by atoms with E-state index in [0.717, 1.165) is 10.9 Å². The Morgan fingerprint density at radius 2 is 2.00 bits per heavy atom. The molecule has 5 heteroatoms. The van der Waals surface area contributed by atoms with E-state index in [-0.39, 0.29) is 11.7 Å². The second-order valence-corrected chi connectivity index (χ2v) is 4.53. The number of phenolic OH excluding ortho intramolecular Hbond substituents is 1. The Morgan fingerprint density at radius 1 is 1.15 bits per heavy atom. The predicted octanol–water partition coefficient (Wildman–Crippen LogP) is 2.71. The van der Waals surface area contributed by atoms with E-state index < -0.39 is 0 Å². The number of phenols is 1. The van der Waals surface area contributed by atoms with Crippen LogP contribution in [0.25, 0.3) is 10.9 Å². The molecule has 5 nitrogen and oxygen atoms in total. The van der Waals surface area contributed by atoms with Crippen molar-refractivity contribution in [3.05, 3.63) is 54.2 Å². The Labute approximate surface area is 115 Å². The van der Waals surface area contributed by atoms with Crippen LogP contribution in [0, 0.1) is 0 Å². The number of hydrogen-bond acceptors (Lipinski definition) is 3. The van der Waals surface area contributed by atoms with E-state index in [9.17, 15) is 9.90 Å². The molecule has 0 fully saturated rings. The summed E-state index contributed by atoms with van der Waals surface area (Å²) in [4.78, 5) is 15.2. The van der Waals surface area contributed by atoms with Gasteiger partial charge in [0.15, 0.2) is 0 Å². The highest BCUT2D eigenvalue weighted by Gasteiger charge is 2.10. The van der Waals surface area contributed by atoms with Crippen LogP contribution in [-0.2, 0) is 0 Å². The molecule has 3 aromatic rings. The molecule has 0 saturated carbocycles. The van der Waals surface area contributed by atoms with Crippen molar-refractivity contribution in [2.45, 2.75) is 0 Å². The minimum absolute atomic E-state index is 0.104. The largest absolute Gasteiger partial charge is 0.508 e. The monoisotopic (exact) mass is 267 g/mol. The van der Waals surface area contributed by atoms with Gasteiger partial charge < -0.3 is 21.1 Å². The van der Waals surface area contributed by atoms with Gasteiger partial charge in [-0.05, 0) is 36.4 Å². The number of fused-ring (bicyclic) bond motifs is 1. The van der Waals surface area contributed by atoms with Crippen LogP contribution in [0.4, 0.5) is 11.4 Å². The second kappa shape index (κ2) is 4.62. The number of amides is 1. The fraction of sp³-hybridized carbons (Fsp3) is 0. The number of rotatable bonds is 2. The molecule has 0 spiro atoms. The molecule has 0 unspecified atom stereocenters. The Kier molecular flexibility index (Phi) is 2.80. The van der Waals surface area contributed by atoms with Crippen LogP contribution in [0.1, 0.15) is 10.5 Å². The van der Waals surface area contributed by atoms with E-state index in [1.165, 1.54) is 6.07 Å². The summed E-state index contributed by atoms with van der Waals surface area (Å²) in [6.45, 7) is 0. The summed E-state index contributed by atoms with van der Waals surface area (Å²) in [6.07, 6.45) is 0. The van der Waals surface area contributed by atoms with Gasteiger partial charge in [-0.1, -0.05) is 6.07 Å². The molecule has 1 aromatic heterocycles. The van der Waals surface area contributed by atoms with Crippen molar-refractivity contribution in [3.63, 3.8) is 0 Å². The highest BCUT2D eigenvalue weighted by atomic mass is 16.3. The predicted molar refractivity (Wildman–Crippen MR) is 78.8 cm³/mol. The first-order valence-corrected chi connectivity index (χ1v) is 6.10. The first-order chi connectivity index (χ1) is 9.61. The maximum atomic E-state index is 12.1. The third-order valence-corrected chi connectivity index (χ3v) is 2.99. The number of aromatic nitrogens is 1. The standard InChI is InChI=1S/C15H13N3O2/c16-10-4-5-13-9(6-10)7-14(18-13)15(20)17-11-2-1-3-12(19)8-11/h1-8,18-19H,16H2,(H,17,20). The molecule has 0 bridgehead atoms. The molecular weight excluding hydrogens is 254 g/mol. The van der Waals surface area contributed by atoms with Gasteiger partial charge in [0.25, 0.3) is 5.91 Å². The SMILES string of the molecule is Nc1ccc2[nH]c(C(=O)Nc3cccc(O)c3)cc2c1. The first-order valence-electron chi connectivity index (χ1n) is 6.10. The molecule has 0 aliphatic heterocycles. The summed E-state index contributed by atoms with van der Waals surface area (Å²) in [5, 5.41) is 13.0. The average Bonchev–Trinajstić information content (AvgIpc) is 2.81. The molecule has 0 atom stereocenters. The van der Waals surface area contributed by atoms with Gasteiger partial charge in [0, 0.05) is 28.3 Å². The number of carbonyl (C=O) groups excluding carboxylic acids is 1. The summed E-state index contributed by atoms with van der Waals surface area (Å²) in [5.41, 5.74) is 8.18. The van der Waals surface area contributed by atoms with Crippen molar-refractivity contribution in [2.75, 3.05) is 11.1 Å².